The lowest BCUT2D eigenvalue weighted by molar-refractivity contribution is -0.128. The predicted octanol–water partition coefficient (Wildman–Crippen LogP) is 4.21. The van der Waals surface area contributed by atoms with Crippen LogP contribution in [0.5, 0.6) is 0 Å². The molecule has 0 unspecified atom stereocenters. The van der Waals surface area contributed by atoms with E-state index in [-0.39, 0.29) is 28.7 Å². The number of nitrogens with one attached hydrogen (secondary N) is 2. The number of fused-ring (bicyclic) bond motifs is 1. The number of carbonyl (C=O) groups is 3. The molecule has 4 rings (SSSR count). The minimum absolute atomic E-state index is 0.0412. The van der Waals surface area contributed by atoms with E-state index in [0.29, 0.717) is 43.6 Å². The van der Waals surface area contributed by atoms with Gasteiger partial charge in [-0.2, -0.15) is 0 Å². The minimum atomic E-state index is -0.713. The number of hydrogen-bond donors (Lipinski definition) is 2. The van der Waals surface area contributed by atoms with Crippen LogP contribution in [-0.2, 0) is 16.0 Å². The first-order valence-corrected chi connectivity index (χ1v) is 11.0. The molecule has 0 spiro atoms. The van der Waals surface area contributed by atoms with E-state index < -0.39 is 29.7 Å². The highest BCUT2D eigenvalue weighted by atomic mass is 35.5. The molecule has 3 amide bonds. The topological polar surface area (TPSA) is 87.7 Å². The lowest BCUT2D eigenvalue weighted by atomic mass is 10.0. The van der Waals surface area contributed by atoms with Crippen LogP contribution in [0.4, 0.5) is 19.3 Å². The molecule has 0 bridgehead atoms. The molecule has 1 aliphatic carbocycles. The van der Waals surface area contributed by atoms with Gasteiger partial charge in [0.15, 0.2) is 0 Å². The number of likely N-dealkylation sites (tertiary alicyclic amines) is 1. The Labute approximate surface area is 194 Å². The van der Waals surface area contributed by atoms with Gasteiger partial charge in [-0.05, 0) is 55.2 Å². The molecule has 1 heterocycles. The van der Waals surface area contributed by atoms with Crippen LogP contribution in [0.2, 0.25) is 5.02 Å². The van der Waals surface area contributed by atoms with Crippen molar-refractivity contribution in [2.45, 2.75) is 31.7 Å². The molecule has 174 valence electrons. The third-order valence-corrected chi connectivity index (χ3v) is 6.10. The zero-order chi connectivity index (χ0) is 23.5. The summed E-state index contributed by atoms with van der Waals surface area (Å²) in [5, 5.41) is 5.15. The summed E-state index contributed by atoms with van der Waals surface area (Å²) in [4.78, 5) is 38.2. The minimum Gasteiger partial charge on any atom is -0.448 e. The maximum absolute atomic E-state index is 14.6. The summed E-state index contributed by atoms with van der Waals surface area (Å²) in [5.74, 6) is -1.59. The van der Waals surface area contributed by atoms with Crippen LogP contribution in [0, 0.1) is 11.6 Å². The standard InChI is InChI=1S/C23H22ClF2N3O4/c24-16-12-13(3-6-17(16)25)27-22(31)15-4-7-18(26)21-14(15)5-8-19(21)28-23(32)33-11-10-29-9-1-2-20(29)30/h3-4,6-7,12,19H,1-2,5,8-11H2,(H,27,31)(H,28,32)/t19-/m0/s1. The Morgan fingerprint density at radius 2 is 1.94 bits per heavy atom. The fraction of sp³-hybridized carbons (Fsp3) is 0.348. The van der Waals surface area contributed by atoms with E-state index in [9.17, 15) is 23.2 Å². The van der Waals surface area contributed by atoms with E-state index in [0.717, 1.165) is 12.5 Å². The molecule has 10 heteroatoms. The number of nitrogens with zero attached hydrogens (tertiary/aromatic N) is 1. The molecule has 1 aliphatic heterocycles. The van der Waals surface area contributed by atoms with Crippen LogP contribution in [0.15, 0.2) is 30.3 Å². The number of ether oxygens (including phenoxy) is 1. The number of amides is 3. The third-order valence-electron chi connectivity index (χ3n) is 5.82. The Balaban J connectivity index is 1.41. The van der Waals surface area contributed by atoms with Gasteiger partial charge < -0.3 is 20.3 Å². The molecule has 7 nitrogen and oxygen atoms in total. The van der Waals surface area contributed by atoms with Crippen molar-refractivity contribution < 1.29 is 27.9 Å². The normalized spacial score (nSPS) is 17.1. The zero-order valence-electron chi connectivity index (χ0n) is 17.6. The summed E-state index contributed by atoms with van der Waals surface area (Å²) in [5.41, 5.74) is 1.30. The van der Waals surface area contributed by atoms with Gasteiger partial charge in [0.1, 0.15) is 18.2 Å². The van der Waals surface area contributed by atoms with E-state index in [1.54, 1.807) is 4.90 Å². The van der Waals surface area contributed by atoms with Crippen LogP contribution >= 0.6 is 11.6 Å². The van der Waals surface area contributed by atoms with Crippen molar-refractivity contribution in [1.29, 1.82) is 0 Å². The molecular weight excluding hydrogens is 456 g/mol. The van der Waals surface area contributed by atoms with Gasteiger partial charge in [0.25, 0.3) is 5.91 Å². The Bertz CT molecular complexity index is 1110. The Morgan fingerprint density at radius 1 is 1.15 bits per heavy atom. The maximum Gasteiger partial charge on any atom is 0.407 e. The molecular formula is C23H22ClF2N3O4. The van der Waals surface area contributed by atoms with Gasteiger partial charge in [-0.15, -0.1) is 0 Å². The number of benzene rings is 2. The fourth-order valence-corrected chi connectivity index (χ4v) is 4.40. The van der Waals surface area contributed by atoms with Crippen molar-refractivity contribution in [3.05, 3.63) is 63.7 Å². The van der Waals surface area contributed by atoms with Crippen molar-refractivity contribution in [2.24, 2.45) is 0 Å². The molecule has 2 aliphatic rings. The van der Waals surface area contributed by atoms with Crippen molar-refractivity contribution in [3.8, 4) is 0 Å². The van der Waals surface area contributed by atoms with E-state index in [1.807, 2.05) is 0 Å². The lowest BCUT2D eigenvalue weighted by Gasteiger charge is -2.18. The number of anilines is 1. The van der Waals surface area contributed by atoms with E-state index >= 15 is 0 Å². The smallest absolute Gasteiger partial charge is 0.407 e. The Hall–Kier alpha value is -3.20. The second-order valence-electron chi connectivity index (χ2n) is 7.93. The van der Waals surface area contributed by atoms with Crippen LogP contribution < -0.4 is 10.6 Å². The van der Waals surface area contributed by atoms with Crippen molar-refractivity contribution in [2.75, 3.05) is 25.0 Å². The molecule has 0 radical (unpaired) electrons. The average Bonchev–Trinajstić information content (AvgIpc) is 3.38. The van der Waals surface area contributed by atoms with Crippen molar-refractivity contribution in [1.82, 2.24) is 10.2 Å². The number of alkyl carbamates (subject to hydrolysis) is 1. The second kappa shape index (κ2) is 9.74. The molecule has 2 N–H and O–H groups in total. The van der Waals surface area contributed by atoms with E-state index in [1.165, 1.54) is 24.3 Å². The molecule has 0 saturated carbocycles. The first-order chi connectivity index (χ1) is 15.8. The number of carbonyl (C=O) groups excluding carboxylic acids is 3. The number of rotatable bonds is 6. The monoisotopic (exact) mass is 477 g/mol. The van der Waals surface area contributed by atoms with Gasteiger partial charge in [0.2, 0.25) is 5.91 Å². The van der Waals surface area contributed by atoms with Gasteiger partial charge in [-0.1, -0.05) is 11.6 Å². The second-order valence-corrected chi connectivity index (χ2v) is 8.33. The molecule has 2 aromatic rings. The first kappa shape index (κ1) is 23.0. The quantitative estimate of drug-likeness (QED) is 0.652. The number of hydrogen-bond acceptors (Lipinski definition) is 4. The van der Waals surface area contributed by atoms with Gasteiger partial charge >= 0.3 is 6.09 Å². The maximum atomic E-state index is 14.6. The summed E-state index contributed by atoms with van der Waals surface area (Å²) < 4.78 is 33.1. The van der Waals surface area contributed by atoms with Crippen LogP contribution in [0.1, 0.15) is 46.8 Å². The SMILES string of the molecule is O=C(N[C@H]1CCc2c(C(=O)Nc3ccc(F)c(Cl)c3)ccc(F)c21)OCCN1CCCC1=O. The summed E-state index contributed by atoms with van der Waals surface area (Å²) in [6.45, 7) is 1.02. The summed E-state index contributed by atoms with van der Waals surface area (Å²) in [6.07, 6.45) is 1.38. The molecule has 0 aromatic heterocycles. The summed E-state index contributed by atoms with van der Waals surface area (Å²) in [7, 11) is 0. The molecule has 33 heavy (non-hydrogen) atoms. The third kappa shape index (κ3) is 5.08. The Kier molecular flexibility index (Phi) is 6.78. The van der Waals surface area contributed by atoms with Crippen LogP contribution in [0.25, 0.3) is 0 Å². The lowest BCUT2D eigenvalue weighted by Crippen LogP contribution is -2.33. The highest BCUT2D eigenvalue weighted by molar-refractivity contribution is 6.31. The van der Waals surface area contributed by atoms with Gasteiger partial charge in [-0.25, -0.2) is 13.6 Å². The summed E-state index contributed by atoms with van der Waals surface area (Å²) >= 11 is 5.76. The number of halogens is 3. The molecule has 1 saturated heterocycles. The molecule has 1 atom stereocenters. The van der Waals surface area contributed by atoms with E-state index in [2.05, 4.69) is 10.6 Å². The highest BCUT2D eigenvalue weighted by Crippen LogP contribution is 2.36. The summed E-state index contributed by atoms with van der Waals surface area (Å²) in [6, 6.07) is 5.71. The zero-order valence-corrected chi connectivity index (χ0v) is 18.4. The van der Waals surface area contributed by atoms with Gasteiger partial charge in [-0.3, -0.25) is 9.59 Å². The average molecular weight is 478 g/mol. The van der Waals surface area contributed by atoms with Crippen LogP contribution in [-0.4, -0.2) is 42.5 Å². The first-order valence-electron chi connectivity index (χ1n) is 10.6. The fourth-order valence-electron chi connectivity index (χ4n) is 4.22. The van der Waals surface area contributed by atoms with E-state index in [4.69, 9.17) is 16.3 Å². The molecule has 1 fully saturated rings. The van der Waals surface area contributed by atoms with Crippen LogP contribution in [0.3, 0.4) is 0 Å². The van der Waals surface area contributed by atoms with Crippen molar-refractivity contribution >= 4 is 35.2 Å². The Morgan fingerprint density at radius 3 is 2.67 bits per heavy atom. The molecule has 2 aromatic carbocycles. The predicted molar refractivity (Wildman–Crippen MR) is 117 cm³/mol. The van der Waals surface area contributed by atoms with Gasteiger partial charge in [0.05, 0.1) is 17.6 Å². The van der Waals surface area contributed by atoms with Crippen molar-refractivity contribution in [3.63, 3.8) is 0 Å². The highest BCUT2D eigenvalue weighted by Gasteiger charge is 2.31. The van der Waals surface area contributed by atoms with Gasteiger partial charge in [0, 0.05) is 29.8 Å². The largest absolute Gasteiger partial charge is 0.448 e.